The van der Waals surface area contributed by atoms with Gasteiger partial charge in [0.25, 0.3) is 5.91 Å². The lowest BCUT2D eigenvalue weighted by atomic mass is 10.1. The Labute approximate surface area is 85.4 Å². The predicted molar refractivity (Wildman–Crippen MR) is 54.0 cm³/mol. The van der Waals surface area contributed by atoms with Gasteiger partial charge in [-0.2, -0.15) is 0 Å². The van der Waals surface area contributed by atoms with Gasteiger partial charge in [0, 0.05) is 6.54 Å². The van der Waals surface area contributed by atoms with Crippen LogP contribution in [0, 0.1) is 0 Å². The van der Waals surface area contributed by atoms with Crippen molar-refractivity contribution < 1.29 is 9.53 Å². The molecule has 0 saturated carbocycles. The second-order valence-electron chi connectivity index (χ2n) is 4.29. The predicted octanol–water partition coefficient (Wildman–Crippen LogP) is 1.57. The molecule has 0 N–H and O–H groups in total. The van der Waals surface area contributed by atoms with Gasteiger partial charge < -0.3 is 9.64 Å². The summed E-state index contributed by atoms with van der Waals surface area (Å²) in [6.45, 7) is 3.86. The van der Waals surface area contributed by atoms with Crippen molar-refractivity contribution in [1.82, 2.24) is 4.90 Å². The number of unbranched alkanes of at least 4 members (excludes halogenated alkanes) is 1. The molecule has 0 bridgehead atoms. The standard InChI is InChI=1S/C11H19NO2/c1-2-3-6-10-11(13)12-7-4-5-9(12)8-14-10/h9-10H,2-8H2,1H3/t9-,10?/m0/s1. The van der Waals surface area contributed by atoms with Gasteiger partial charge in [0.15, 0.2) is 0 Å². The minimum atomic E-state index is -0.135. The highest BCUT2D eigenvalue weighted by atomic mass is 16.5. The summed E-state index contributed by atoms with van der Waals surface area (Å²) in [4.78, 5) is 13.9. The van der Waals surface area contributed by atoms with Crippen molar-refractivity contribution in [3.05, 3.63) is 0 Å². The quantitative estimate of drug-likeness (QED) is 0.687. The van der Waals surface area contributed by atoms with Gasteiger partial charge in [-0.25, -0.2) is 0 Å². The first kappa shape index (κ1) is 9.97. The molecule has 14 heavy (non-hydrogen) atoms. The summed E-state index contributed by atoms with van der Waals surface area (Å²) in [7, 11) is 0. The molecule has 0 spiro atoms. The third-order valence-electron chi connectivity index (χ3n) is 3.25. The summed E-state index contributed by atoms with van der Waals surface area (Å²) in [5.41, 5.74) is 0. The Morgan fingerprint density at radius 3 is 3.21 bits per heavy atom. The van der Waals surface area contributed by atoms with E-state index in [0.717, 1.165) is 45.3 Å². The summed E-state index contributed by atoms with van der Waals surface area (Å²) < 4.78 is 5.62. The summed E-state index contributed by atoms with van der Waals surface area (Å²) in [6.07, 6.45) is 5.28. The van der Waals surface area contributed by atoms with Crippen molar-refractivity contribution in [2.24, 2.45) is 0 Å². The summed E-state index contributed by atoms with van der Waals surface area (Å²) in [6, 6.07) is 0.389. The van der Waals surface area contributed by atoms with Crippen LogP contribution in [0.3, 0.4) is 0 Å². The third kappa shape index (κ3) is 1.78. The van der Waals surface area contributed by atoms with E-state index in [1.54, 1.807) is 0 Å². The second-order valence-corrected chi connectivity index (χ2v) is 4.29. The molecule has 1 unspecified atom stereocenters. The highest BCUT2D eigenvalue weighted by Crippen LogP contribution is 2.25. The van der Waals surface area contributed by atoms with Crippen LogP contribution in [-0.2, 0) is 9.53 Å². The van der Waals surface area contributed by atoms with E-state index in [1.807, 2.05) is 4.90 Å². The largest absolute Gasteiger partial charge is 0.366 e. The van der Waals surface area contributed by atoms with E-state index in [9.17, 15) is 4.79 Å². The Bertz CT molecular complexity index is 217. The van der Waals surface area contributed by atoms with Crippen molar-refractivity contribution >= 4 is 5.91 Å². The van der Waals surface area contributed by atoms with E-state index in [2.05, 4.69) is 6.92 Å². The molecule has 80 valence electrons. The molecule has 0 aromatic carbocycles. The molecule has 2 heterocycles. The maximum Gasteiger partial charge on any atom is 0.252 e. The molecule has 3 nitrogen and oxygen atoms in total. The fraction of sp³-hybridized carbons (Fsp3) is 0.909. The van der Waals surface area contributed by atoms with E-state index in [-0.39, 0.29) is 12.0 Å². The van der Waals surface area contributed by atoms with Gasteiger partial charge in [-0.1, -0.05) is 19.8 Å². The molecular weight excluding hydrogens is 178 g/mol. The smallest absolute Gasteiger partial charge is 0.252 e. The minimum Gasteiger partial charge on any atom is -0.366 e. The monoisotopic (exact) mass is 197 g/mol. The van der Waals surface area contributed by atoms with Crippen LogP contribution in [0.5, 0.6) is 0 Å². The highest BCUT2D eigenvalue weighted by molar-refractivity contribution is 5.82. The Hall–Kier alpha value is -0.570. The lowest BCUT2D eigenvalue weighted by molar-refractivity contribution is -0.156. The van der Waals surface area contributed by atoms with Crippen LogP contribution in [-0.4, -0.2) is 36.1 Å². The van der Waals surface area contributed by atoms with E-state index in [4.69, 9.17) is 4.74 Å². The highest BCUT2D eigenvalue weighted by Gasteiger charge is 2.38. The average Bonchev–Trinajstić information content (AvgIpc) is 2.66. The van der Waals surface area contributed by atoms with Crippen molar-refractivity contribution in [3.8, 4) is 0 Å². The molecule has 2 saturated heterocycles. The zero-order valence-corrected chi connectivity index (χ0v) is 8.87. The molecule has 0 aromatic rings. The molecule has 2 aliphatic rings. The average molecular weight is 197 g/mol. The molecule has 3 heteroatoms. The van der Waals surface area contributed by atoms with Gasteiger partial charge in [-0.15, -0.1) is 0 Å². The number of fused-ring (bicyclic) bond motifs is 1. The van der Waals surface area contributed by atoms with Crippen molar-refractivity contribution in [1.29, 1.82) is 0 Å². The van der Waals surface area contributed by atoms with Crippen LogP contribution in [0.2, 0.25) is 0 Å². The Morgan fingerprint density at radius 2 is 2.43 bits per heavy atom. The van der Waals surface area contributed by atoms with Gasteiger partial charge in [0.05, 0.1) is 12.6 Å². The number of amides is 1. The van der Waals surface area contributed by atoms with Crippen molar-refractivity contribution in [2.45, 2.75) is 51.2 Å². The van der Waals surface area contributed by atoms with E-state index < -0.39 is 0 Å². The molecule has 2 atom stereocenters. The van der Waals surface area contributed by atoms with E-state index in [0.29, 0.717) is 6.04 Å². The first-order valence-electron chi connectivity index (χ1n) is 5.75. The number of carbonyl (C=O) groups excluding carboxylic acids is 1. The number of hydrogen-bond donors (Lipinski definition) is 0. The minimum absolute atomic E-state index is 0.135. The topological polar surface area (TPSA) is 29.5 Å². The number of nitrogens with zero attached hydrogens (tertiary/aromatic N) is 1. The molecular formula is C11H19NO2. The van der Waals surface area contributed by atoms with Gasteiger partial charge in [0.2, 0.25) is 0 Å². The molecule has 2 aliphatic heterocycles. The summed E-state index contributed by atoms with van der Waals surface area (Å²) in [5, 5.41) is 0. The van der Waals surface area contributed by atoms with E-state index >= 15 is 0 Å². The van der Waals surface area contributed by atoms with Gasteiger partial charge in [-0.3, -0.25) is 4.79 Å². The lowest BCUT2D eigenvalue weighted by Crippen LogP contribution is -2.50. The zero-order valence-electron chi connectivity index (χ0n) is 8.87. The Kier molecular flexibility index (Phi) is 3.06. The van der Waals surface area contributed by atoms with Crippen LogP contribution in [0.25, 0.3) is 0 Å². The molecule has 2 fully saturated rings. The maximum atomic E-state index is 11.9. The van der Waals surface area contributed by atoms with Crippen molar-refractivity contribution in [3.63, 3.8) is 0 Å². The van der Waals surface area contributed by atoms with E-state index in [1.165, 1.54) is 0 Å². The molecule has 1 amide bonds. The zero-order chi connectivity index (χ0) is 9.97. The van der Waals surface area contributed by atoms with Crippen LogP contribution >= 0.6 is 0 Å². The third-order valence-corrected chi connectivity index (χ3v) is 3.25. The summed E-state index contributed by atoms with van der Waals surface area (Å²) >= 11 is 0. The molecule has 0 radical (unpaired) electrons. The fourth-order valence-electron chi connectivity index (χ4n) is 2.38. The van der Waals surface area contributed by atoms with Gasteiger partial charge >= 0.3 is 0 Å². The van der Waals surface area contributed by atoms with Crippen molar-refractivity contribution in [2.75, 3.05) is 13.2 Å². The normalized spacial score (nSPS) is 32.1. The lowest BCUT2D eigenvalue weighted by Gasteiger charge is -2.34. The SMILES string of the molecule is CCCCC1OC[C@@H]2CCCN2C1=O. The first-order chi connectivity index (χ1) is 6.83. The van der Waals surface area contributed by atoms with Crippen LogP contribution in [0.1, 0.15) is 39.0 Å². The fourth-order valence-corrected chi connectivity index (χ4v) is 2.38. The second kappa shape index (κ2) is 4.30. The Morgan fingerprint density at radius 1 is 1.57 bits per heavy atom. The van der Waals surface area contributed by atoms with Crippen LogP contribution < -0.4 is 0 Å². The molecule has 2 rings (SSSR count). The van der Waals surface area contributed by atoms with Gasteiger partial charge in [-0.05, 0) is 19.3 Å². The number of morpholine rings is 1. The maximum absolute atomic E-state index is 11.9. The number of carbonyl (C=O) groups is 1. The first-order valence-corrected chi connectivity index (χ1v) is 5.75. The molecule has 0 aromatic heterocycles. The Balaban J connectivity index is 1.92. The van der Waals surface area contributed by atoms with Crippen LogP contribution in [0.4, 0.5) is 0 Å². The molecule has 0 aliphatic carbocycles. The van der Waals surface area contributed by atoms with Crippen LogP contribution in [0.15, 0.2) is 0 Å². The summed E-state index contributed by atoms with van der Waals surface area (Å²) in [5.74, 6) is 0.243. The number of ether oxygens (including phenoxy) is 1. The number of hydrogen-bond acceptors (Lipinski definition) is 2. The number of rotatable bonds is 3. The van der Waals surface area contributed by atoms with Gasteiger partial charge in [0.1, 0.15) is 6.10 Å².